The zero-order valence-corrected chi connectivity index (χ0v) is 10.6. The Balaban J connectivity index is 1.83. The highest BCUT2D eigenvalue weighted by Gasteiger charge is 2.54. The number of carbonyl (C=O) groups is 1. The van der Waals surface area contributed by atoms with E-state index >= 15 is 0 Å². The van der Waals surface area contributed by atoms with Crippen LogP contribution in [-0.4, -0.2) is 64.3 Å². The molecule has 0 radical (unpaired) electrons. The van der Waals surface area contributed by atoms with Gasteiger partial charge in [0.1, 0.15) is 24.6 Å². The second-order valence-electron chi connectivity index (χ2n) is 4.39. The van der Waals surface area contributed by atoms with Crippen LogP contribution in [0.3, 0.4) is 0 Å². The molecular weight excluding hydrogens is 272 g/mol. The molecule has 1 aromatic heterocycles. The molecule has 3 rings (SSSR count). The van der Waals surface area contributed by atoms with Crippen molar-refractivity contribution in [3.05, 3.63) is 12.2 Å². The van der Waals surface area contributed by atoms with Crippen LogP contribution >= 0.6 is 0 Å². The van der Waals surface area contributed by atoms with Gasteiger partial charge in [-0.05, 0) is 0 Å². The second kappa shape index (κ2) is 5.07. The number of nitrogens with two attached hydrogens (primary N) is 1. The average Bonchev–Trinajstić information content (AvgIpc) is 3.12. The number of aliphatic hydroxyl groups is 1. The molecule has 1 unspecified atom stereocenters. The number of rotatable bonds is 4. The van der Waals surface area contributed by atoms with Crippen LogP contribution in [0.1, 0.15) is 16.8 Å². The summed E-state index contributed by atoms with van der Waals surface area (Å²) in [4.78, 5) is 14.8. The van der Waals surface area contributed by atoms with Gasteiger partial charge in [-0.25, -0.2) is 9.67 Å². The molecule has 1 amide bonds. The van der Waals surface area contributed by atoms with E-state index < -0.39 is 36.9 Å². The van der Waals surface area contributed by atoms with Gasteiger partial charge < -0.3 is 29.8 Å². The van der Waals surface area contributed by atoms with Crippen molar-refractivity contribution in [3.8, 4) is 0 Å². The Morgan fingerprint density at radius 3 is 2.85 bits per heavy atom. The van der Waals surface area contributed by atoms with E-state index in [1.165, 1.54) is 18.1 Å². The molecule has 2 fully saturated rings. The van der Waals surface area contributed by atoms with Gasteiger partial charge in [-0.1, -0.05) is 0 Å². The maximum Gasteiger partial charge on any atom is 0.288 e. The van der Waals surface area contributed by atoms with Crippen LogP contribution in [0, 0.1) is 0 Å². The lowest BCUT2D eigenvalue weighted by atomic mass is 10.1. The fourth-order valence-electron chi connectivity index (χ4n) is 2.29. The van der Waals surface area contributed by atoms with Crippen LogP contribution in [-0.2, 0) is 18.9 Å². The van der Waals surface area contributed by atoms with E-state index in [0.717, 1.165) is 0 Å². The molecule has 2 saturated heterocycles. The first-order valence-corrected chi connectivity index (χ1v) is 5.95. The lowest BCUT2D eigenvalue weighted by Gasteiger charge is -2.18. The van der Waals surface area contributed by atoms with E-state index in [4.69, 9.17) is 24.7 Å². The number of aliphatic hydroxyl groups excluding tert-OH is 1. The molecule has 10 heteroatoms. The van der Waals surface area contributed by atoms with E-state index in [9.17, 15) is 9.90 Å². The number of primary amides is 1. The molecule has 2 aliphatic heterocycles. The predicted octanol–water partition coefficient (Wildman–Crippen LogP) is -2.02. The van der Waals surface area contributed by atoms with E-state index in [0.29, 0.717) is 0 Å². The molecular formula is C10H14N4O6. The summed E-state index contributed by atoms with van der Waals surface area (Å²) in [6.07, 6.45) is -0.967. The predicted molar refractivity (Wildman–Crippen MR) is 60.1 cm³/mol. The molecule has 0 aliphatic carbocycles. The maximum atomic E-state index is 11.0. The maximum absolute atomic E-state index is 11.0. The van der Waals surface area contributed by atoms with E-state index in [1.54, 1.807) is 0 Å². The van der Waals surface area contributed by atoms with Crippen molar-refractivity contribution in [2.45, 2.75) is 31.0 Å². The number of aromatic nitrogens is 3. The Morgan fingerprint density at radius 2 is 2.25 bits per heavy atom. The van der Waals surface area contributed by atoms with Crippen LogP contribution in [0.5, 0.6) is 0 Å². The fourth-order valence-corrected chi connectivity index (χ4v) is 2.29. The summed E-state index contributed by atoms with van der Waals surface area (Å²) in [5.41, 5.74) is 5.10. The van der Waals surface area contributed by atoms with Gasteiger partial charge in [0.15, 0.2) is 6.23 Å². The Bertz CT molecular complexity index is 508. The van der Waals surface area contributed by atoms with Crippen molar-refractivity contribution in [1.29, 1.82) is 0 Å². The molecule has 20 heavy (non-hydrogen) atoms. The number of carbonyl (C=O) groups excluding carboxylic acids is 1. The highest BCUT2D eigenvalue weighted by atomic mass is 16.9. The zero-order valence-electron chi connectivity index (χ0n) is 10.6. The van der Waals surface area contributed by atoms with Crippen LogP contribution < -0.4 is 5.73 Å². The molecule has 0 aromatic carbocycles. The number of amides is 1. The molecule has 3 N–H and O–H groups in total. The Labute approximate surface area is 113 Å². The van der Waals surface area contributed by atoms with Crippen molar-refractivity contribution >= 4 is 5.91 Å². The number of ether oxygens (including phenoxy) is 4. The summed E-state index contributed by atoms with van der Waals surface area (Å²) in [5.74, 6) is -0.866. The first-order valence-electron chi connectivity index (χ1n) is 5.95. The SMILES string of the molecule is COC1O[C@@H]2[C@H](O1)[C@@H](CO)O[C@H]2n1cnc(C(N)=O)n1. The average molecular weight is 286 g/mol. The summed E-state index contributed by atoms with van der Waals surface area (Å²) < 4.78 is 22.9. The van der Waals surface area contributed by atoms with E-state index in [1.807, 2.05) is 0 Å². The normalized spacial score (nSPS) is 36.2. The summed E-state index contributed by atoms with van der Waals surface area (Å²) in [5, 5.41) is 13.2. The van der Waals surface area contributed by atoms with Gasteiger partial charge in [-0.2, -0.15) is 0 Å². The van der Waals surface area contributed by atoms with Crippen LogP contribution in [0.2, 0.25) is 0 Å². The van der Waals surface area contributed by atoms with Crippen LogP contribution in [0.4, 0.5) is 0 Å². The van der Waals surface area contributed by atoms with Crippen molar-refractivity contribution in [1.82, 2.24) is 14.8 Å². The molecule has 0 bridgehead atoms. The lowest BCUT2D eigenvalue weighted by Crippen LogP contribution is -2.31. The Kier molecular flexibility index (Phi) is 3.40. The number of hydrogen-bond donors (Lipinski definition) is 2. The summed E-state index contributed by atoms with van der Waals surface area (Å²) >= 11 is 0. The van der Waals surface area contributed by atoms with E-state index in [-0.39, 0.29) is 12.4 Å². The second-order valence-corrected chi connectivity index (χ2v) is 4.39. The highest BCUT2D eigenvalue weighted by Crippen LogP contribution is 2.38. The third-order valence-corrected chi connectivity index (χ3v) is 3.18. The van der Waals surface area contributed by atoms with Crippen molar-refractivity contribution in [3.63, 3.8) is 0 Å². The Hall–Kier alpha value is -1.59. The largest absolute Gasteiger partial charge is 0.394 e. The van der Waals surface area contributed by atoms with Crippen molar-refractivity contribution in [2.75, 3.05) is 13.7 Å². The third kappa shape index (κ3) is 2.07. The van der Waals surface area contributed by atoms with Crippen LogP contribution in [0.15, 0.2) is 6.33 Å². The number of hydrogen-bond acceptors (Lipinski definition) is 8. The minimum absolute atomic E-state index is 0.125. The molecule has 1 aromatic rings. The van der Waals surface area contributed by atoms with Gasteiger partial charge in [0.05, 0.1) is 6.61 Å². The van der Waals surface area contributed by atoms with E-state index in [2.05, 4.69) is 10.1 Å². The smallest absolute Gasteiger partial charge is 0.288 e. The quantitative estimate of drug-likeness (QED) is 0.648. The van der Waals surface area contributed by atoms with Gasteiger partial charge in [0, 0.05) is 7.11 Å². The number of fused-ring (bicyclic) bond motifs is 1. The van der Waals surface area contributed by atoms with Gasteiger partial charge in [0.2, 0.25) is 5.82 Å². The molecule has 10 nitrogen and oxygen atoms in total. The van der Waals surface area contributed by atoms with Crippen LogP contribution in [0.25, 0.3) is 0 Å². The Morgan fingerprint density at radius 1 is 1.50 bits per heavy atom. The van der Waals surface area contributed by atoms with Gasteiger partial charge in [0.25, 0.3) is 12.4 Å². The third-order valence-electron chi connectivity index (χ3n) is 3.18. The fraction of sp³-hybridized carbons (Fsp3) is 0.700. The monoisotopic (exact) mass is 286 g/mol. The van der Waals surface area contributed by atoms with Gasteiger partial charge in [-0.3, -0.25) is 4.79 Å². The van der Waals surface area contributed by atoms with Gasteiger partial charge >= 0.3 is 0 Å². The number of methoxy groups -OCH3 is 1. The standard InChI is InChI=1S/C10H14N4O6/c1-17-10-19-5-4(2-15)18-9(6(5)20-10)14-3-12-8(13-14)7(11)16/h3-6,9-10,15H,2H2,1H3,(H2,11,16)/t4-,5-,6-,9-,10?/m1/s1. The molecule has 2 aliphatic rings. The molecule has 110 valence electrons. The molecule has 0 spiro atoms. The minimum atomic E-state index is -0.829. The minimum Gasteiger partial charge on any atom is -0.394 e. The summed E-state index contributed by atoms with van der Waals surface area (Å²) in [6, 6.07) is 0. The highest BCUT2D eigenvalue weighted by molar-refractivity contribution is 5.88. The summed E-state index contributed by atoms with van der Waals surface area (Å²) in [7, 11) is 1.44. The van der Waals surface area contributed by atoms with Crippen molar-refractivity contribution in [2.24, 2.45) is 5.73 Å². The topological polar surface area (TPSA) is 131 Å². The number of nitrogens with zero attached hydrogens (tertiary/aromatic N) is 3. The van der Waals surface area contributed by atoms with Gasteiger partial charge in [-0.15, -0.1) is 5.10 Å². The first kappa shape index (κ1) is 13.4. The zero-order chi connectivity index (χ0) is 14.3. The molecule has 0 saturated carbocycles. The lowest BCUT2D eigenvalue weighted by molar-refractivity contribution is -0.257. The van der Waals surface area contributed by atoms with Crippen molar-refractivity contribution < 1.29 is 28.8 Å². The summed E-state index contributed by atoms with van der Waals surface area (Å²) in [6.45, 7) is -1.07. The molecule has 3 heterocycles. The molecule has 5 atom stereocenters. The first-order chi connectivity index (χ1) is 9.63.